The molecule has 2 aliphatic heterocycles. The molecule has 0 radical (unpaired) electrons. The van der Waals surface area contributed by atoms with Gasteiger partial charge in [-0.25, -0.2) is 9.59 Å². The van der Waals surface area contributed by atoms with E-state index in [1.807, 2.05) is 4.57 Å². The van der Waals surface area contributed by atoms with Crippen LogP contribution in [0.5, 0.6) is 0 Å². The van der Waals surface area contributed by atoms with Crippen molar-refractivity contribution in [3.63, 3.8) is 0 Å². The number of amides is 3. The Morgan fingerprint density at radius 1 is 0.967 bits per heavy atom. The molecule has 156 valence electrons. The molecule has 0 atom stereocenters. The highest BCUT2D eigenvalue weighted by molar-refractivity contribution is 6.21. The highest BCUT2D eigenvalue weighted by atomic mass is 16.7. The number of hydrogen-bond donors (Lipinski definition) is 0. The summed E-state index contributed by atoms with van der Waals surface area (Å²) >= 11 is 0. The first kappa shape index (κ1) is 19.7. The average Bonchev–Trinajstić information content (AvgIpc) is 3.21. The molecular weight excluding hydrogens is 390 g/mol. The Morgan fingerprint density at radius 2 is 1.60 bits per heavy atom. The second-order valence-corrected chi connectivity index (χ2v) is 8.10. The molecule has 0 N–H and O–H groups in total. The Labute approximate surface area is 172 Å². The van der Waals surface area contributed by atoms with E-state index < -0.39 is 29.5 Å². The fourth-order valence-electron chi connectivity index (χ4n) is 3.43. The lowest BCUT2D eigenvalue weighted by Crippen LogP contribution is -2.42. The van der Waals surface area contributed by atoms with Crippen LogP contribution >= 0.6 is 0 Å². The standard InChI is InChI=1S/C21H21N3O6/c1-21(2,3)29-20(28)23-11-10-22-9-8-15(16(22)12-23)19(27)30-24-17(25)13-6-4-5-7-14(13)18(24)26/h4-9H,10-12H2,1-3H3. The number of ether oxygens (including phenoxy) is 1. The Hall–Kier alpha value is -3.62. The van der Waals surface area contributed by atoms with Crippen LogP contribution in [0.1, 0.15) is 57.5 Å². The monoisotopic (exact) mass is 411 g/mol. The maximum atomic E-state index is 12.8. The van der Waals surface area contributed by atoms with Crippen LogP contribution < -0.4 is 0 Å². The fraction of sp³-hybridized carbons (Fsp3) is 0.333. The minimum absolute atomic E-state index is 0.147. The van der Waals surface area contributed by atoms with Gasteiger partial charge in [0, 0.05) is 19.3 Å². The lowest BCUT2D eigenvalue weighted by atomic mass is 10.1. The van der Waals surface area contributed by atoms with Crippen molar-refractivity contribution in [3.05, 3.63) is 58.9 Å². The SMILES string of the molecule is CC(C)(C)OC(=O)N1CCn2ccc(C(=O)ON3C(=O)c4ccccc4C3=O)c2C1. The minimum Gasteiger partial charge on any atom is -0.444 e. The number of carbonyl (C=O) groups is 4. The molecule has 1 aromatic heterocycles. The second-order valence-electron chi connectivity index (χ2n) is 8.10. The zero-order chi connectivity index (χ0) is 21.6. The van der Waals surface area contributed by atoms with Crippen LogP contribution in [0, 0.1) is 0 Å². The molecule has 0 spiro atoms. The molecule has 0 unspecified atom stereocenters. The van der Waals surface area contributed by atoms with Gasteiger partial charge in [-0.2, -0.15) is 0 Å². The Bertz CT molecular complexity index is 1030. The van der Waals surface area contributed by atoms with Crippen molar-refractivity contribution in [2.24, 2.45) is 0 Å². The summed E-state index contributed by atoms with van der Waals surface area (Å²) < 4.78 is 7.24. The first-order valence-electron chi connectivity index (χ1n) is 9.52. The van der Waals surface area contributed by atoms with Crippen molar-refractivity contribution in [1.82, 2.24) is 14.5 Å². The summed E-state index contributed by atoms with van der Waals surface area (Å²) in [5.41, 5.74) is 0.466. The van der Waals surface area contributed by atoms with E-state index in [1.165, 1.54) is 17.0 Å². The maximum absolute atomic E-state index is 12.8. The Kier molecular flexibility index (Phi) is 4.60. The topological polar surface area (TPSA) is 98.1 Å². The molecule has 9 nitrogen and oxygen atoms in total. The van der Waals surface area contributed by atoms with Crippen LogP contribution in [0.4, 0.5) is 4.79 Å². The Balaban J connectivity index is 1.51. The third-order valence-corrected chi connectivity index (χ3v) is 4.83. The van der Waals surface area contributed by atoms with E-state index in [0.29, 0.717) is 23.8 Å². The summed E-state index contributed by atoms with van der Waals surface area (Å²) in [5, 5.41) is 0.478. The van der Waals surface area contributed by atoms with Crippen LogP contribution in [0.2, 0.25) is 0 Å². The smallest absolute Gasteiger partial charge is 0.410 e. The number of rotatable bonds is 2. The predicted molar refractivity (Wildman–Crippen MR) is 103 cm³/mol. The number of imide groups is 1. The zero-order valence-electron chi connectivity index (χ0n) is 16.9. The number of aromatic nitrogens is 1. The molecule has 0 saturated heterocycles. The predicted octanol–water partition coefficient (Wildman–Crippen LogP) is 2.61. The van der Waals surface area contributed by atoms with Crippen molar-refractivity contribution >= 4 is 23.9 Å². The largest absolute Gasteiger partial charge is 0.444 e. The molecule has 0 saturated carbocycles. The van der Waals surface area contributed by atoms with Gasteiger partial charge >= 0.3 is 12.1 Å². The minimum atomic E-state index is -0.843. The average molecular weight is 411 g/mol. The van der Waals surface area contributed by atoms with Gasteiger partial charge in [-0.1, -0.05) is 17.2 Å². The van der Waals surface area contributed by atoms with Gasteiger partial charge in [-0.3, -0.25) is 9.59 Å². The van der Waals surface area contributed by atoms with E-state index in [9.17, 15) is 19.2 Å². The van der Waals surface area contributed by atoms with E-state index in [0.717, 1.165) is 0 Å². The molecule has 9 heteroatoms. The third kappa shape index (κ3) is 3.42. The molecule has 0 bridgehead atoms. The molecular formula is C21H21N3O6. The fourth-order valence-corrected chi connectivity index (χ4v) is 3.43. The number of benzene rings is 1. The zero-order valence-corrected chi connectivity index (χ0v) is 16.9. The molecule has 3 amide bonds. The van der Waals surface area contributed by atoms with Gasteiger partial charge in [0.2, 0.25) is 0 Å². The Morgan fingerprint density at radius 3 is 2.20 bits per heavy atom. The highest BCUT2D eigenvalue weighted by Gasteiger charge is 2.39. The van der Waals surface area contributed by atoms with Gasteiger partial charge in [0.1, 0.15) is 5.60 Å². The molecule has 4 rings (SSSR count). The summed E-state index contributed by atoms with van der Waals surface area (Å²) in [6.07, 6.45) is 1.23. The van der Waals surface area contributed by atoms with Crippen LogP contribution in [0.3, 0.4) is 0 Å². The molecule has 2 aromatic rings. The van der Waals surface area contributed by atoms with Crippen LogP contribution in [-0.2, 0) is 22.7 Å². The van der Waals surface area contributed by atoms with Crippen LogP contribution in [0.15, 0.2) is 36.5 Å². The normalized spacial score (nSPS) is 15.7. The van der Waals surface area contributed by atoms with Gasteiger partial charge in [0.05, 0.1) is 28.9 Å². The molecule has 1 aromatic carbocycles. The number of fused-ring (bicyclic) bond motifs is 2. The molecule has 2 aliphatic rings. The summed E-state index contributed by atoms with van der Waals surface area (Å²) in [6.45, 7) is 6.40. The molecule has 0 aliphatic carbocycles. The first-order valence-corrected chi connectivity index (χ1v) is 9.52. The number of hydrogen-bond acceptors (Lipinski definition) is 6. The van der Waals surface area contributed by atoms with Crippen molar-refractivity contribution in [1.29, 1.82) is 0 Å². The van der Waals surface area contributed by atoms with E-state index in [1.54, 1.807) is 45.2 Å². The van der Waals surface area contributed by atoms with Gasteiger partial charge in [-0.15, -0.1) is 0 Å². The quantitative estimate of drug-likeness (QED) is 0.705. The third-order valence-electron chi connectivity index (χ3n) is 4.83. The number of nitrogens with zero attached hydrogens (tertiary/aromatic N) is 3. The van der Waals surface area contributed by atoms with Crippen molar-refractivity contribution < 1.29 is 28.8 Å². The molecule has 0 fully saturated rings. The lowest BCUT2D eigenvalue weighted by Gasteiger charge is -2.31. The highest BCUT2D eigenvalue weighted by Crippen LogP contribution is 2.25. The molecule has 30 heavy (non-hydrogen) atoms. The van der Waals surface area contributed by atoms with Gasteiger partial charge < -0.3 is 19.0 Å². The van der Waals surface area contributed by atoms with Gasteiger partial charge in [0.15, 0.2) is 0 Å². The number of carbonyl (C=O) groups excluding carboxylic acids is 4. The van der Waals surface area contributed by atoms with Crippen LogP contribution in [-0.4, -0.2) is 50.6 Å². The number of hydroxylamine groups is 2. The van der Waals surface area contributed by atoms with Crippen molar-refractivity contribution in [2.75, 3.05) is 6.54 Å². The molecule has 3 heterocycles. The van der Waals surface area contributed by atoms with E-state index in [2.05, 4.69) is 0 Å². The van der Waals surface area contributed by atoms with E-state index in [-0.39, 0.29) is 23.2 Å². The lowest BCUT2D eigenvalue weighted by molar-refractivity contribution is -0.0586. The second kappa shape index (κ2) is 7.01. The van der Waals surface area contributed by atoms with Crippen molar-refractivity contribution in [3.8, 4) is 0 Å². The summed E-state index contributed by atoms with van der Waals surface area (Å²) in [4.78, 5) is 56.7. The summed E-state index contributed by atoms with van der Waals surface area (Å²) in [6, 6.07) is 7.81. The summed E-state index contributed by atoms with van der Waals surface area (Å²) in [7, 11) is 0. The van der Waals surface area contributed by atoms with E-state index in [4.69, 9.17) is 9.57 Å². The van der Waals surface area contributed by atoms with Crippen molar-refractivity contribution in [2.45, 2.75) is 39.5 Å². The maximum Gasteiger partial charge on any atom is 0.410 e. The van der Waals surface area contributed by atoms with Crippen LogP contribution in [0.25, 0.3) is 0 Å². The first-order chi connectivity index (χ1) is 14.2. The van der Waals surface area contributed by atoms with Gasteiger partial charge in [-0.05, 0) is 39.0 Å². The van der Waals surface area contributed by atoms with E-state index >= 15 is 0 Å². The summed E-state index contributed by atoms with van der Waals surface area (Å²) in [5.74, 6) is -2.22. The van der Waals surface area contributed by atoms with Gasteiger partial charge in [0.25, 0.3) is 11.8 Å².